The Morgan fingerprint density at radius 3 is 2.89 bits per heavy atom. The topological polar surface area (TPSA) is 46.9 Å². The van der Waals surface area contributed by atoms with Crippen LogP contribution in [0, 0.1) is 0 Å². The monoisotopic (exact) mass is 321 g/mol. The van der Waals surface area contributed by atoms with Crippen molar-refractivity contribution in [2.75, 3.05) is 6.54 Å². The standard InChI is InChI=1S/C14H16BrN3O/c15-13-6-2-1-5-12(13)14(19)17-7-3-4-9-18-10-8-16-11-18/h1-2,5-6,8,10-11H,3-4,7,9H2,(H,17,19). The fraction of sp³-hybridized carbons (Fsp3) is 0.286. The number of imidazole rings is 1. The Morgan fingerprint density at radius 2 is 2.16 bits per heavy atom. The van der Waals surface area contributed by atoms with Gasteiger partial charge in [0.1, 0.15) is 0 Å². The van der Waals surface area contributed by atoms with Crippen LogP contribution >= 0.6 is 15.9 Å². The normalized spacial score (nSPS) is 10.4. The molecule has 19 heavy (non-hydrogen) atoms. The molecule has 0 aliphatic rings. The van der Waals surface area contributed by atoms with Crippen LogP contribution in [-0.2, 0) is 6.54 Å². The van der Waals surface area contributed by atoms with E-state index in [1.54, 1.807) is 12.5 Å². The van der Waals surface area contributed by atoms with Crippen LogP contribution in [0.15, 0.2) is 47.5 Å². The number of amides is 1. The van der Waals surface area contributed by atoms with E-state index in [9.17, 15) is 4.79 Å². The molecule has 0 spiro atoms. The predicted octanol–water partition coefficient (Wildman–Crippen LogP) is 2.86. The number of nitrogens with one attached hydrogen (secondary N) is 1. The maximum Gasteiger partial charge on any atom is 0.252 e. The van der Waals surface area contributed by atoms with Crippen molar-refractivity contribution >= 4 is 21.8 Å². The molecule has 4 nitrogen and oxygen atoms in total. The van der Waals surface area contributed by atoms with Gasteiger partial charge in [-0.1, -0.05) is 12.1 Å². The molecule has 2 rings (SSSR count). The third kappa shape index (κ3) is 4.21. The average Bonchev–Trinajstić information content (AvgIpc) is 2.92. The Bertz CT molecular complexity index is 525. The minimum Gasteiger partial charge on any atom is -0.352 e. The van der Waals surface area contributed by atoms with Crippen molar-refractivity contribution in [1.82, 2.24) is 14.9 Å². The van der Waals surface area contributed by atoms with Crippen LogP contribution in [-0.4, -0.2) is 22.0 Å². The van der Waals surface area contributed by atoms with Gasteiger partial charge in [0.25, 0.3) is 5.91 Å². The van der Waals surface area contributed by atoms with E-state index in [1.165, 1.54) is 0 Å². The smallest absolute Gasteiger partial charge is 0.252 e. The van der Waals surface area contributed by atoms with Crippen LogP contribution in [0.25, 0.3) is 0 Å². The van der Waals surface area contributed by atoms with Crippen LogP contribution in [0.5, 0.6) is 0 Å². The van der Waals surface area contributed by atoms with Gasteiger partial charge < -0.3 is 9.88 Å². The van der Waals surface area contributed by atoms with Gasteiger partial charge in [-0.05, 0) is 40.9 Å². The molecular weight excluding hydrogens is 306 g/mol. The third-order valence-corrected chi connectivity index (χ3v) is 3.50. The highest BCUT2D eigenvalue weighted by Crippen LogP contribution is 2.15. The summed E-state index contributed by atoms with van der Waals surface area (Å²) >= 11 is 3.37. The lowest BCUT2D eigenvalue weighted by atomic mass is 10.2. The van der Waals surface area contributed by atoms with Gasteiger partial charge in [-0.3, -0.25) is 4.79 Å². The van der Waals surface area contributed by atoms with Crippen molar-refractivity contribution in [1.29, 1.82) is 0 Å². The van der Waals surface area contributed by atoms with E-state index in [0.29, 0.717) is 12.1 Å². The Hall–Kier alpha value is -1.62. The van der Waals surface area contributed by atoms with E-state index >= 15 is 0 Å². The second-order valence-corrected chi connectivity index (χ2v) is 5.10. The number of halogens is 1. The summed E-state index contributed by atoms with van der Waals surface area (Å²) in [6, 6.07) is 7.43. The minimum absolute atomic E-state index is 0.0323. The molecule has 0 atom stereocenters. The molecule has 0 fully saturated rings. The van der Waals surface area contributed by atoms with Crippen LogP contribution in [0.4, 0.5) is 0 Å². The van der Waals surface area contributed by atoms with Gasteiger partial charge in [0.2, 0.25) is 0 Å². The van der Waals surface area contributed by atoms with Gasteiger partial charge >= 0.3 is 0 Å². The van der Waals surface area contributed by atoms with E-state index in [0.717, 1.165) is 23.9 Å². The molecule has 1 aromatic carbocycles. The molecule has 0 unspecified atom stereocenters. The second-order valence-electron chi connectivity index (χ2n) is 4.24. The van der Waals surface area contributed by atoms with Crippen LogP contribution in [0.1, 0.15) is 23.2 Å². The Balaban J connectivity index is 1.68. The molecule has 0 aliphatic carbocycles. The predicted molar refractivity (Wildman–Crippen MR) is 77.9 cm³/mol. The van der Waals surface area contributed by atoms with E-state index in [-0.39, 0.29) is 5.91 Å². The number of rotatable bonds is 6. The first-order chi connectivity index (χ1) is 9.27. The van der Waals surface area contributed by atoms with Crippen molar-refractivity contribution in [3.05, 3.63) is 53.0 Å². The zero-order chi connectivity index (χ0) is 13.5. The molecule has 100 valence electrons. The zero-order valence-corrected chi connectivity index (χ0v) is 12.1. The number of nitrogens with zero attached hydrogens (tertiary/aromatic N) is 2. The summed E-state index contributed by atoms with van der Waals surface area (Å²) in [5, 5.41) is 2.93. The lowest BCUT2D eigenvalue weighted by Crippen LogP contribution is -2.24. The summed E-state index contributed by atoms with van der Waals surface area (Å²) < 4.78 is 2.86. The summed E-state index contributed by atoms with van der Waals surface area (Å²) in [7, 11) is 0. The average molecular weight is 322 g/mol. The lowest BCUT2D eigenvalue weighted by Gasteiger charge is -2.07. The second kappa shape index (κ2) is 7.09. The minimum atomic E-state index is -0.0323. The molecule has 0 saturated heterocycles. The van der Waals surface area contributed by atoms with Gasteiger partial charge in [0.15, 0.2) is 0 Å². The molecule has 5 heteroatoms. The number of unbranched alkanes of at least 4 members (excludes halogenated alkanes) is 1. The molecule has 1 heterocycles. The van der Waals surface area contributed by atoms with Gasteiger partial charge in [0.05, 0.1) is 11.9 Å². The van der Waals surface area contributed by atoms with Gasteiger partial charge in [-0.2, -0.15) is 0 Å². The van der Waals surface area contributed by atoms with Gasteiger partial charge in [0, 0.05) is 30.0 Å². The fourth-order valence-corrected chi connectivity index (χ4v) is 2.25. The number of carbonyl (C=O) groups is 1. The molecule has 0 radical (unpaired) electrons. The first-order valence-electron chi connectivity index (χ1n) is 6.26. The number of hydrogen-bond donors (Lipinski definition) is 1. The van der Waals surface area contributed by atoms with E-state index in [1.807, 2.05) is 35.0 Å². The summed E-state index contributed by atoms with van der Waals surface area (Å²) in [6.45, 7) is 1.62. The van der Waals surface area contributed by atoms with Crippen molar-refractivity contribution < 1.29 is 4.79 Å². The summed E-state index contributed by atoms with van der Waals surface area (Å²) in [5.74, 6) is -0.0323. The fourth-order valence-electron chi connectivity index (χ4n) is 1.78. The largest absolute Gasteiger partial charge is 0.352 e. The SMILES string of the molecule is O=C(NCCCCn1ccnc1)c1ccccc1Br. The molecule has 0 bridgehead atoms. The first-order valence-corrected chi connectivity index (χ1v) is 7.05. The van der Waals surface area contributed by atoms with Crippen molar-refractivity contribution in [2.45, 2.75) is 19.4 Å². The number of aryl methyl sites for hydroxylation is 1. The van der Waals surface area contributed by atoms with Crippen molar-refractivity contribution in [3.8, 4) is 0 Å². The Labute approximate surface area is 121 Å². The van der Waals surface area contributed by atoms with Crippen LogP contribution < -0.4 is 5.32 Å². The van der Waals surface area contributed by atoms with E-state index < -0.39 is 0 Å². The summed E-state index contributed by atoms with van der Waals surface area (Å²) in [4.78, 5) is 15.9. The molecule has 0 saturated carbocycles. The quantitative estimate of drug-likeness (QED) is 0.831. The highest BCUT2D eigenvalue weighted by atomic mass is 79.9. The van der Waals surface area contributed by atoms with Gasteiger partial charge in [-0.15, -0.1) is 0 Å². The Morgan fingerprint density at radius 1 is 1.32 bits per heavy atom. The molecular formula is C14H16BrN3O. The molecule has 2 aromatic rings. The highest BCUT2D eigenvalue weighted by molar-refractivity contribution is 9.10. The number of benzene rings is 1. The maximum absolute atomic E-state index is 11.9. The van der Waals surface area contributed by atoms with Crippen molar-refractivity contribution in [3.63, 3.8) is 0 Å². The molecule has 1 aromatic heterocycles. The Kier molecular flexibility index (Phi) is 5.15. The summed E-state index contributed by atoms with van der Waals surface area (Å²) in [6.07, 6.45) is 7.50. The van der Waals surface area contributed by atoms with Crippen LogP contribution in [0.2, 0.25) is 0 Å². The summed E-state index contributed by atoms with van der Waals surface area (Å²) in [5.41, 5.74) is 0.678. The first kappa shape index (κ1) is 13.8. The van der Waals surface area contributed by atoms with E-state index in [4.69, 9.17) is 0 Å². The van der Waals surface area contributed by atoms with Gasteiger partial charge in [-0.25, -0.2) is 4.98 Å². The maximum atomic E-state index is 11.9. The number of carbonyl (C=O) groups excluding carboxylic acids is 1. The van der Waals surface area contributed by atoms with E-state index in [2.05, 4.69) is 26.2 Å². The number of aromatic nitrogens is 2. The molecule has 0 aliphatic heterocycles. The van der Waals surface area contributed by atoms with Crippen molar-refractivity contribution in [2.24, 2.45) is 0 Å². The molecule has 1 amide bonds. The third-order valence-electron chi connectivity index (χ3n) is 2.81. The number of hydrogen-bond acceptors (Lipinski definition) is 2. The zero-order valence-electron chi connectivity index (χ0n) is 10.6. The van der Waals surface area contributed by atoms with Crippen LogP contribution in [0.3, 0.4) is 0 Å². The molecule has 1 N–H and O–H groups in total. The highest BCUT2D eigenvalue weighted by Gasteiger charge is 2.07. The lowest BCUT2D eigenvalue weighted by molar-refractivity contribution is 0.0952.